The number of ether oxygens (including phenoxy) is 2. The number of hydrogen-bond donors (Lipinski definition) is 1. The topological polar surface area (TPSA) is 30.5 Å². The van der Waals surface area contributed by atoms with Gasteiger partial charge < -0.3 is 14.8 Å². The van der Waals surface area contributed by atoms with Crippen molar-refractivity contribution in [3.8, 4) is 11.5 Å². The molecule has 4 heteroatoms. The van der Waals surface area contributed by atoms with Crippen molar-refractivity contribution in [3.63, 3.8) is 0 Å². The van der Waals surface area contributed by atoms with Crippen molar-refractivity contribution in [2.45, 2.75) is 39.5 Å². The van der Waals surface area contributed by atoms with E-state index in [0.717, 1.165) is 18.0 Å². The Morgan fingerprint density at radius 3 is 2.52 bits per heavy atom. The predicted molar refractivity (Wildman–Crippen MR) is 88.2 cm³/mol. The van der Waals surface area contributed by atoms with Gasteiger partial charge in [0.1, 0.15) is 6.61 Å². The molecule has 0 aliphatic rings. The van der Waals surface area contributed by atoms with Crippen LogP contribution in [-0.4, -0.2) is 12.6 Å². The van der Waals surface area contributed by atoms with Crippen LogP contribution in [0, 0.1) is 0 Å². The second-order valence-corrected chi connectivity index (χ2v) is 6.79. The largest absolute Gasteiger partial charge is 0.493 e. The lowest BCUT2D eigenvalue weighted by atomic mass is 10.1. The van der Waals surface area contributed by atoms with Gasteiger partial charge in [-0.3, -0.25) is 0 Å². The lowest BCUT2D eigenvalue weighted by molar-refractivity contribution is 0.284. The summed E-state index contributed by atoms with van der Waals surface area (Å²) in [5, 5.41) is 7.63. The van der Waals surface area contributed by atoms with Gasteiger partial charge in [-0.05, 0) is 60.9 Å². The first kappa shape index (κ1) is 15.9. The Bertz CT molecular complexity index is 559. The number of benzene rings is 1. The van der Waals surface area contributed by atoms with E-state index in [2.05, 4.69) is 49.0 Å². The predicted octanol–water partition coefficient (Wildman–Crippen LogP) is 4.22. The molecule has 1 N–H and O–H groups in total. The molecule has 114 valence electrons. The molecule has 0 unspecified atom stereocenters. The summed E-state index contributed by atoms with van der Waals surface area (Å²) in [5.74, 6) is 1.56. The maximum atomic E-state index is 5.90. The molecule has 0 atom stereocenters. The highest BCUT2D eigenvalue weighted by atomic mass is 32.1. The number of nitrogens with one attached hydrogen (secondary N) is 1. The molecule has 21 heavy (non-hydrogen) atoms. The van der Waals surface area contributed by atoms with Gasteiger partial charge in [0.15, 0.2) is 11.5 Å². The number of rotatable bonds is 6. The zero-order valence-corrected chi connectivity index (χ0v) is 13.9. The van der Waals surface area contributed by atoms with Gasteiger partial charge in [0.25, 0.3) is 0 Å². The highest BCUT2D eigenvalue weighted by Gasteiger charge is 2.11. The Balaban J connectivity index is 2.06. The Labute approximate surface area is 130 Å². The van der Waals surface area contributed by atoms with E-state index in [1.165, 1.54) is 11.1 Å². The molecule has 0 saturated heterocycles. The number of hydrogen-bond acceptors (Lipinski definition) is 4. The van der Waals surface area contributed by atoms with E-state index in [0.29, 0.717) is 6.61 Å². The first-order chi connectivity index (χ1) is 9.98. The molecule has 0 radical (unpaired) electrons. The van der Waals surface area contributed by atoms with Gasteiger partial charge in [-0.15, -0.1) is 0 Å². The van der Waals surface area contributed by atoms with Crippen LogP contribution in [0.25, 0.3) is 0 Å². The van der Waals surface area contributed by atoms with Crippen LogP contribution in [0.2, 0.25) is 0 Å². The summed E-state index contributed by atoms with van der Waals surface area (Å²) in [7, 11) is 1.67. The van der Waals surface area contributed by atoms with Crippen LogP contribution in [0.4, 0.5) is 0 Å². The van der Waals surface area contributed by atoms with E-state index in [-0.39, 0.29) is 5.54 Å². The van der Waals surface area contributed by atoms with Gasteiger partial charge in [0, 0.05) is 12.1 Å². The van der Waals surface area contributed by atoms with Gasteiger partial charge in [-0.2, -0.15) is 11.3 Å². The van der Waals surface area contributed by atoms with Crippen molar-refractivity contribution >= 4 is 11.3 Å². The summed E-state index contributed by atoms with van der Waals surface area (Å²) in [4.78, 5) is 0. The summed E-state index contributed by atoms with van der Waals surface area (Å²) >= 11 is 1.68. The van der Waals surface area contributed by atoms with Crippen molar-refractivity contribution in [2.24, 2.45) is 0 Å². The van der Waals surface area contributed by atoms with Crippen LogP contribution in [0.15, 0.2) is 35.0 Å². The van der Waals surface area contributed by atoms with Crippen LogP contribution < -0.4 is 14.8 Å². The minimum absolute atomic E-state index is 0.0949. The monoisotopic (exact) mass is 305 g/mol. The molecule has 2 rings (SSSR count). The minimum atomic E-state index is 0.0949. The highest BCUT2D eigenvalue weighted by Crippen LogP contribution is 2.29. The molecule has 0 bridgehead atoms. The fraction of sp³-hybridized carbons (Fsp3) is 0.412. The zero-order valence-electron chi connectivity index (χ0n) is 13.1. The van der Waals surface area contributed by atoms with Crippen molar-refractivity contribution in [3.05, 3.63) is 46.2 Å². The summed E-state index contributed by atoms with van der Waals surface area (Å²) in [5.41, 5.74) is 2.46. The second-order valence-electron chi connectivity index (χ2n) is 6.01. The lowest BCUT2D eigenvalue weighted by Crippen LogP contribution is -2.35. The Kier molecular flexibility index (Phi) is 5.26. The Hall–Kier alpha value is -1.52. The Morgan fingerprint density at radius 1 is 1.10 bits per heavy atom. The van der Waals surface area contributed by atoms with Crippen molar-refractivity contribution in [1.29, 1.82) is 0 Å². The van der Waals surface area contributed by atoms with E-state index in [1.807, 2.05) is 12.1 Å². The normalized spacial score (nSPS) is 11.4. The van der Waals surface area contributed by atoms with E-state index < -0.39 is 0 Å². The minimum Gasteiger partial charge on any atom is -0.493 e. The van der Waals surface area contributed by atoms with E-state index in [9.17, 15) is 0 Å². The molecule has 0 saturated carbocycles. The van der Waals surface area contributed by atoms with Gasteiger partial charge in [-0.1, -0.05) is 6.07 Å². The zero-order chi connectivity index (χ0) is 15.3. The third-order valence-corrected chi connectivity index (χ3v) is 3.76. The number of methoxy groups -OCH3 is 1. The molecule has 1 heterocycles. The Morgan fingerprint density at radius 2 is 1.90 bits per heavy atom. The fourth-order valence-corrected chi connectivity index (χ4v) is 2.50. The van der Waals surface area contributed by atoms with Crippen LogP contribution >= 0.6 is 11.3 Å². The lowest BCUT2D eigenvalue weighted by Gasteiger charge is -2.21. The highest BCUT2D eigenvalue weighted by molar-refractivity contribution is 7.07. The second kappa shape index (κ2) is 6.96. The molecular weight excluding hydrogens is 282 g/mol. The SMILES string of the molecule is COc1ccc(CNC(C)(C)C)cc1OCc1ccsc1. The van der Waals surface area contributed by atoms with Crippen LogP contribution in [0.3, 0.4) is 0 Å². The molecule has 1 aromatic heterocycles. The number of thiophene rings is 1. The van der Waals surface area contributed by atoms with Crippen molar-refractivity contribution in [2.75, 3.05) is 7.11 Å². The van der Waals surface area contributed by atoms with Crippen LogP contribution in [-0.2, 0) is 13.2 Å². The molecule has 1 aromatic carbocycles. The average Bonchev–Trinajstić information content (AvgIpc) is 2.95. The van der Waals surface area contributed by atoms with E-state index >= 15 is 0 Å². The third-order valence-electron chi connectivity index (χ3n) is 3.03. The molecular formula is C17H23NO2S. The van der Waals surface area contributed by atoms with Gasteiger partial charge in [0.2, 0.25) is 0 Å². The molecule has 3 nitrogen and oxygen atoms in total. The molecule has 0 amide bonds. The average molecular weight is 305 g/mol. The molecule has 0 fully saturated rings. The third kappa shape index (κ3) is 5.06. The summed E-state index contributed by atoms with van der Waals surface area (Å²) in [6.07, 6.45) is 0. The van der Waals surface area contributed by atoms with Crippen molar-refractivity contribution < 1.29 is 9.47 Å². The molecule has 0 spiro atoms. The van der Waals surface area contributed by atoms with Crippen LogP contribution in [0.5, 0.6) is 11.5 Å². The molecule has 0 aliphatic heterocycles. The quantitative estimate of drug-likeness (QED) is 0.866. The summed E-state index contributed by atoms with van der Waals surface area (Å²) < 4.78 is 11.3. The first-order valence-corrected chi connectivity index (χ1v) is 7.98. The standard InChI is InChI=1S/C17H23NO2S/c1-17(2,3)18-10-13-5-6-15(19-4)16(9-13)20-11-14-7-8-21-12-14/h5-9,12,18H,10-11H2,1-4H3. The fourth-order valence-electron chi connectivity index (χ4n) is 1.85. The smallest absolute Gasteiger partial charge is 0.161 e. The maximum absolute atomic E-state index is 5.90. The van der Waals surface area contributed by atoms with E-state index in [1.54, 1.807) is 18.4 Å². The van der Waals surface area contributed by atoms with Gasteiger partial charge in [0.05, 0.1) is 7.11 Å². The van der Waals surface area contributed by atoms with Gasteiger partial charge in [-0.25, -0.2) is 0 Å². The molecule has 2 aromatic rings. The first-order valence-electron chi connectivity index (χ1n) is 7.04. The van der Waals surface area contributed by atoms with Gasteiger partial charge >= 0.3 is 0 Å². The molecule has 0 aliphatic carbocycles. The maximum Gasteiger partial charge on any atom is 0.161 e. The van der Waals surface area contributed by atoms with E-state index in [4.69, 9.17) is 9.47 Å². The summed E-state index contributed by atoms with van der Waals surface area (Å²) in [6.45, 7) is 7.85. The van der Waals surface area contributed by atoms with Crippen molar-refractivity contribution in [1.82, 2.24) is 5.32 Å². The van der Waals surface area contributed by atoms with Crippen LogP contribution in [0.1, 0.15) is 31.9 Å². The summed E-state index contributed by atoms with van der Waals surface area (Å²) in [6, 6.07) is 8.14.